The van der Waals surface area contributed by atoms with Gasteiger partial charge in [0, 0.05) is 42.1 Å². The first-order valence-corrected chi connectivity index (χ1v) is 11.0. The molecule has 6 heteroatoms. The van der Waals surface area contributed by atoms with Gasteiger partial charge in [-0.25, -0.2) is 0 Å². The first-order chi connectivity index (χ1) is 14.8. The molecule has 0 radical (unpaired) electrons. The number of hydrogen-bond donors (Lipinski definition) is 1. The van der Waals surface area contributed by atoms with E-state index in [4.69, 9.17) is 0 Å². The summed E-state index contributed by atoms with van der Waals surface area (Å²) in [5.74, 6) is 0.234. The fourth-order valence-electron chi connectivity index (χ4n) is 5.81. The van der Waals surface area contributed by atoms with Gasteiger partial charge in [0.15, 0.2) is 11.9 Å². The van der Waals surface area contributed by atoms with Crippen LogP contribution in [0.15, 0.2) is 69.3 Å². The van der Waals surface area contributed by atoms with Crippen molar-refractivity contribution in [1.29, 1.82) is 0 Å². The van der Waals surface area contributed by atoms with E-state index in [9.17, 15) is 4.79 Å². The fourth-order valence-corrected chi connectivity index (χ4v) is 5.81. The topological polar surface area (TPSA) is 71.6 Å². The lowest BCUT2D eigenvalue weighted by molar-refractivity contribution is -0.119. The lowest BCUT2D eigenvalue weighted by atomic mass is 9.58. The molecule has 1 N–H and O–H groups in total. The number of ketones is 1. The average molecular weight is 416 g/mol. The highest BCUT2D eigenvalue weighted by Gasteiger charge is 2.53. The number of carbonyl (C=O) groups excluding carboxylic acids is 1. The maximum atomic E-state index is 13.7. The van der Waals surface area contributed by atoms with Crippen molar-refractivity contribution in [3.05, 3.63) is 64.6 Å². The normalized spacial score (nSPS) is 26.7. The first-order valence-electron chi connectivity index (χ1n) is 11.0. The third kappa shape index (κ3) is 2.84. The second-order valence-corrected chi connectivity index (χ2v) is 9.74. The zero-order valence-corrected chi connectivity index (χ0v) is 18.9. The molecule has 0 bridgehead atoms. The van der Waals surface area contributed by atoms with Gasteiger partial charge in [0.1, 0.15) is 0 Å². The number of nitrogens with zero attached hydrogens (tertiary/aromatic N) is 4. The van der Waals surface area contributed by atoms with Crippen LogP contribution in [0.5, 0.6) is 0 Å². The van der Waals surface area contributed by atoms with Crippen LogP contribution in [0.3, 0.4) is 0 Å². The van der Waals surface area contributed by atoms with Gasteiger partial charge in [-0.05, 0) is 42.9 Å². The van der Waals surface area contributed by atoms with E-state index in [1.54, 1.807) is 0 Å². The van der Waals surface area contributed by atoms with Crippen molar-refractivity contribution in [3.8, 4) is 11.3 Å². The van der Waals surface area contributed by atoms with Gasteiger partial charge in [-0.15, -0.1) is 0 Å². The monoisotopic (exact) mass is 415 g/mol. The van der Waals surface area contributed by atoms with Crippen LogP contribution in [0, 0.1) is 5.41 Å². The standard InChI is InChI=1S/C25H29N5O/c1-6-25(17-9-7-8-16(12-17)19-10-11-26-30(19)5)21-15(2)28-29-23(21)27-18-13-24(3,4)14-20(31)22(18)25/h7-12,23,27H,6,13-14H2,1-5H3/t23?,25-/m0/s1. The minimum atomic E-state index is -0.527. The molecule has 1 aromatic carbocycles. The van der Waals surface area contributed by atoms with E-state index < -0.39 is 5.41 Å². The van der Waals surface area contributed by atoms with E-state index in [0.717, 1.165) is 52.2 Å². The molecule has 3 heterocycles. The highest BCUT2D eigenvalue weighted by atomic mass is 16.1. The Hall–Kier alpha value is -3.02. The third-order valence-electron chi connectivity index (χ3n) is 7.06. The molecule has 0 spiro atoms. The first kappa shape index (κ1) is 19.9. The van der Waals surface area contributed by atoms with Crippen molar-refractivity contribution in [1.82, 2.24) is 15.1 Å². The Morgan fingerprint density at radius 3 is 2.74 bits per heavy atom. The Kier molecular flexibility index (Phi) is 4.33. The number of fused-ring (bicyclic) bond motifs is 1. The summed E-state index contributed by atoms with van der Waals surface area (Å²) < 4.78 is 1.88. The van der Waals surface area contributed by atoms with E-state index in [1.807, 2.05) is 30.9 Å². The molecule has 0 amide bonds. The molecule has 5 rings (SSSR count). The smallest absolute Gasteiger partial charge is 0.165 e. The minimum Gasteiger partial charge on any atom is -0.362 e. The molecule has 6 nitrogen and oxygen atoms in total. The fraction of sp³-hybridized carbons (Fsp3) is 0.440. The molecular weight excluding hydrogens is 386 g/mol. The van der Waals surface area contributed by atoms with Crippen molar-refractivity contribution in [3.63, 3.8) is 0 Å². The second kappa shape index (κ2) is 6.74. The summed E-state index contributed by atoms with van der Waals surface area (Å²) >= 11 is 0. The van der Waals surface area contributed by atoms with E-state index in [0.29, 0.717) is 6.42 Å². The molecule has 0 fully saturated rings. The number of nitrogens with one attached hydrogen (secondary N) is 1. The zero-order chi connectivity index (χ0) is 22.0. The van der Waals surface area contributed by atoms with Gasteiger partial charge in [-0.1, -0.05) is 39.0 Å². The number of aryl methyl sites for hydroxylation is 1. The number of carbonyl (C=O) groups is 1. The molecule has 3 aliphatic rings. The maximum absolute atomic E-state index is 13.7. The largest absolute Gasteiger partial charge is 0.362 e. The van der Waals surface area contributed by atoms with Crippen molar-refractivity contribution in [2.24, 2.45) is 22.7 Å². The van der Waals surface area contributed by atoms with Crippen molar-refractivity contribution in [2.75, 3.05) is 0 Å². The number of aromatic nitrogens is 2. The summed E-state index contributed by atoms with van der Waals surface area (Å²) in [4.78, 5) is 13.7. The minimum absolute atomic E-state index is 0.0645. The summed E-state index contributed by atoms with van der Waals surface area (Å²) in [5, 5.41) is 16.9. The molecule has 31 heavy (non-hydrogen) atoms. The summed E-state index contributed by atoms with van der Waals surface area (Å²) in [6.07, 6.45) is 3.79. The van der Waals surface area contributed by atoms with Crippen LogP contribution in [0.25, 0.3) is 11.3 Å². The SMILES string of the molecule is CC[C@@]1(c2cccc(-c3ccnn3C)c2)C2=C(CC(C)(C)CC2=O)NC2N=NC(C)=C21. The van der Waals surface area contributed by atoms with Crippen molar-refractivity contribution in [2.45, 2.75) is 58.5 Å². The van der Waals surface area contributed by atoms with Gasteiger partial charge in [0.25, 0.3) is 0 Å². The number of benzene rings is 1. The third-order valence-corrected chi connectivity index (χ3v) is 7.06. The molecule has 2 aliphatic heterocycles. The van der Waals surface area contributed by atoms with Crippen LogP contribution < -0.4 is 5.32 Å². The molecule has 2 atom stereocenters. The molecule has 1 unspecified atom stereocenters. The Labute approximate surface area is 183 Å². The molecule has 1 aromatic heterocycles. The summed E-state index contributed by atoms with van der Waals surface area (Å²) in [5.41, 5.74) is 6.66. The van der Waals surface area contributed by atoms with E-state index >= 15 is 0 Å². The van der Waals surface area contributed by atoms with Gasteiger partial charge in [-0.3, -0.25) is 9.48 Å². The molecule has 2 aromatic rings. The molecule has 1 aliphatic carbocycles. The number of allylic oxidation sites excluding steroid dienone is 3. The van der Waals surface area contributed by atoms with Crippen LogP contribution >= 0.6 is 0 Å². The Balaban J connectivity index is 1.78. The van der Waals surface area contributed by atoms with E-state index in [1.165, 1.54) is 0 Å². The van der Waals surface area contributed by atoms with Crippen LogP contribution in [0.4, 0.5) is 0 Å². The van der Waals surface area contributed by atoms with Gasteiger partial charge < -0.3 is 5.32 Å². The van der Waals surface area contributed by atoms with Crippen LogP contribution in [0.1, 0.15) is 52.5 Å². The Morgan fingerprint density at radius 2 is 2.03 bits per heavy atom. The van der Waals surface area contributed by atoms with Crippen LogP contribution in [-0.2, 0) is 17.3 Å². The predicted octanol–water partition coefficient (Wildman–Crippen LogP) is 5.05. The highest BCUT2D eigenvalue weighted by Crippen LogP contribution is 2.55. The lowest BCUT2D eigenvalue weighted by Gasteiger charge is -2.48. The molecule has 0 saturated heterocycles. The van der Waals surface area contributed by atoms with Gasteiger partial charge >= 0.3 is 0 Å². The van der Waals surface area contributed by atoms with E-state index in [2.05, 4.69) is 65.7 Å². The van der Waals surface area contributed by atoms with Crippen LogP contribution in [0.2, 0.25) is 0 Å². The maximum Gasteiger partial charge on any atom is 0.165 e. The number of hydrogen-bond acceptors (Lipinski definition) is 5. The molecule has 160 valence electrons. The van der Waals surface area contributed by atoms with Crippen molar-refractivity contribution < 1.29 is 4.79 Å². The van der Waals surface area contributed by atoms with Crippen molar-refractivity contribution >= 4 is 5.78 Å². The van der Waals surface area contributed by atoms with Gasteiger partial charge in [-0.2, -0.15) is 15.3 Å². The predicted molar refractivity (Wildman–Crippen MR) is 120 cm³/mol. The summed E-state index contributed by atoms with van der Waals surface area (Å²) in [6, 6.07) is 10.6. The van der Waals surface area contributed by atoms with Crippen LogP contribution in [-0.4, -0.2) is 21.7 Å². The van der Waals surface area contributed by atoms with Gasteiger partial charge in [0.2, 0.25) is 0 Å². The van der Waals surface area contributed by atoms with E-state index in [-0.39, 0.29) is 17.4 Å². The molecule has 0 saturated carbocycles. The summed E-state index contributed by atoms with van der Waals surface area (Å²) in [7, 11) is 1.95. The number of rotatable bonds is 3. The number of Topliss-reactive ketones (excluding diaryl/α,β-unsaturated/α-hetero) is 1. The zero-order valence-electron chi connectivity index (χ0n) is 18.9. The highest BCUT2D eigenvalue weighted by molar-refractivity contribution is 6.01. The summed E-state index contributed by atoms with van der Waals surface area (Å²) in [6.45, 7) is 8.52. The second-order valence-electron chi connectivity index (χ2n) is 9.74. The molecular formula is C25H29N5O. The Bertz CT molecular complexity index is 1180. The lowest BCUT2D eigenvalue weighted by Crippen LogP contribution is -2.51. The number of azo groups is 1. The quantitative estimate of drug-likeness (QED) is 0.763. The Morgan fingerprint density at radius 1 is 1.23 bits per heavy atom. The van der Waals surface area contributed by atoms with Gasteiger partial charge in [0.05, 0.1) is 16.8 Å². The average Bonchev–Trinajstić information content (AvgIpc) is 3.31.